The zero-order chi connectivity index (χ0) is 8.48. The Kier molecular flexibility index (Phi) is 2.57. The van der Waals surface area contributed by atoms with E-state index in [1.165, 1.54) is 6.39 Å². The molecule has 0 spiro atoms. The Morgan fingerprint density at radius 2 is 2.18 bits per heavy atom. The maximum Gasteiger partial charge on any atom is 0.181 e. The van der Waals surface area contributed by atoms with E-state index in [1.807, 2.05) is 0 Å². The summed E-state index contributed by atoms with van der Waals surface area (Å²) in [6, 6.07) is 0. The second kappa shape index (κ2) is 3.13. The van der Waals surface area contributed by atoms with Crippen LogP contribution in [0.25, 0.3) is 0 Å². The van der Waals surface area contributed by atoms with E-state index in [0.717, 1.165) is 15.9 Å². The fraction of sp³-hybridized carbons (Fsp3) is 0.625. The van der Waals surface area contributed by atoms with Crippen LogP contribution in [0.1, 0.15) is 32.2 Å². The summed E-state index contributed by atoms with van der Waals surface area (Å²) in [6.45, 7) is 6.42. The molecule has 1 aromatic rings. The molecule has 1 aromatic heterocycles. The summed E-state index contributed by atoms with van der Waals surface area (Å²) in [4.78, 5) is 4.19. The number of rotatable bonds is 1. The molecule has 0 unspecified atom stereocenters. The number of oxazole rings is 1. The summed E-state index contributed by atoms with van der Waals surface area (Å²) in [5.74, 6) is 0.998. The molecule has 0 N–H and O–H groups in total. The van der Waals surface area contributed by atoms with Crippen molar-refractivity contribution in [2.24, 2.45) is 0 Å². The maximum atomic E-state index is 5.22. The van der Waals surface area contributed by atoms with Crippen molar-refractivity contribution in [3.05, 3.63) is 17.8 Å². The van der Waals surface area contributed by atoms with Gasteiger partial charge in [0.15, 0.2) is 6.39 Å². The average Bonchev–Trinajstić information content (AvgIpc) is 2.31. The Labute approximate surface area is 80.5 Å². The highest BCUT2D eigenvalue weighted by molar-refractivity contribution is 14.1. The lowest BCUT2D eigenvalue weighted by atomic mass is 9.91. The zero-order valence-corrected chi connectivity index (χ0v) is 9.18. The minimum atomic E-state index is 0.105. The summed E-state index contributed by atoms with van der Waals surface area (Å²) in [5, 5.41) is 0. The van der Waals surface area contributed by atoms with Crippen LogP contribution < -0.4 is 0 Å². The highest BCUT2D eigenvalue weighted by Crippen LogP contribution is 2.25. The van der Waals surface area contributed by atoms with E-state index in [2.05, 4.69) is 48.3 Å². The molecule has 11 heavy (non-hydrogen) atoms. The Hall–Kier alpha value is -0.0600. The van der Waals surface area contributed by atoms with Gasteiger partial charge in [0.2, 0.25) is 0 Å². The topological polar surface area (TPSA) is 26.0 Å². The van der Waals surface area contributed by atoms with Gasteiger partial charge in [-0.25, -0.2) is 4.98 Å². The Bertz CT molecular complexity index is 236. The predicted molar refractivity (Wildman–Crippen MR) is 52.9 cm³/mol. The van der Waals surface area contributed by atoms with E-state index in [-0.39, 0.29) is 5.41 Å². The lowest BCUT2D eigenvalue weighted by Gasteiger charge is -2.15. The number of nitrogens with zero attached hydrogens (tertiary/aromatic N) is 1. The summed E-state index contributed by atoms with van der Waals surface area (Å²) in [7, 11) is 0. The average molecular weight is 265 g/mol. The molecule has 1 rings (SSSR count). The van der Waals surface area contributed by atoms with Crippen molar-refractivity contribution in [3.8, 4) is 0 Å². The van der Waals surface area contributed by atoms with Crippen molar-refractivity contribution in [3.63, 3.8) is 0 Å². The van der Waals surface area contributed by atoms with Gasteiger partial charge in [0.25, 0.3) is 0 Å². The number of hydrogen-bond acceptors (Lipinski definition) is 2. The Balaban J connectivity index is 3.02. The molecule has 0 aromatic carbocycles. The van der Waals surface area contributed by atoms with Gasteiger partial charge in [-0.05, 0) is 0 Å². The molecule has 62 valence electrons. The molecule has 0 aliphatic carbocycles. The highest BCUT2D eigenvalue weighted by atomic mass is 127. The predicted octanol–water partition coefficient (Wildman–Crippen LogP) is 2.91. The van der Waals surface area contributed by atoms with Gasteiger partial charge in [-0.1, -0.05) is 43.4 Å². The molecule has 2 nitrogen and oxygen atoms in total. The Morgan fingerprint density at radius 1 is 1.55 bits per heavy atom. The summed E-state index contributed by atoms with van der Waals surface area (Å²) >= 11 is 2.28. The van der Waals surface area contributed by atoms with E-state index in [0.29, 0.717) is 0 Å². The summed E-state index contributed by atoms with van der Waals surface area (Å²) in [6.07, 6.45) is 1.52. The van der Waals surface area contributed by atoms with Gasteiger partial charge in [-0.3, -0.25) is 0 Å². The monoisotopic (exact) mass is 265 g/mol. The van der Waals surface area contributed by atoms with E-state index in [4.69, 9.17) is 4.42 Å². The van der Waals surface area contributed by atoms with Crippen LogP contribution in [-0.2, 0) is 9.84 Å². The number of aromatic nitrogens is 1. The van der Waals surface area contributed by atoms with E-state index in [9.17, 15) is 0 Å². The van der Waals surface area contributed by atoms with E-state index >= 15 is 0 Å². The zero-order valence-electron chi connectivity index (χ0n) is 7.02. The normalized spacial score (nSPS) is 12.0. The van der Waals surface area contributed by atoms with Crippen molar-refractivity contribution < 1.29 is 4.42 Å². The van der Waals surface area contributed by atoms with Crippen LogP contribution in [0.4, 0.5) is 0 Å². The van der Waals surface area contributed by atoms with Crippen molar-refractivity contribution in [2.75, 3.05) is 0 Å². The first-order valence-electron chi connectivity index (χ1n) is 3.54. The van der Waals surface area contributed by atoms with Crippen LogP contribution in [0.2, 0.25) is 0 Å². The molecular weight excluding hydrogens is 253 g/mol. The summed E-state index contributed by atoms with van der Waals surface area (Å²) in [5.41, 5.74) is 1.18. The van der Waals surface area contributed by atoms with Crippen molar-refractivity contribution in [1.82, 2.24) is 4.98 Å². The van der Waals surface area contributed by atoms with Crippen LogP contribution >= 0.6 is 22.6 Å². The molecule has 0 radical (unpaired) electrons. The summed E-state index contributed by atoms with van der Waals surface area (Å²) < 4.78 is 6.11. The second-order valence-electron chi connectivity index (χ2n) is 3.51. The molecule has 0 aliphatic heterocycles. The van der Waals surface area contributed by atoms with E-state index < -0.39 is 0 Å². The molecule has 0 bridgehead atoms. The van der Waals surface area contributed by atoms with Crippen LogP contribution in [-0.4, -0.2) is 4.98 Å². The van der Waals surface area contributed by atoms with Gasteiger partial charge < -0.3 is 4.42 Å². The minimum Gasteiger partial charge on any atom is -0.447 e. The number of halogens is 1. The quantitative estimate of drug-likeness (QED) is 0.576. The molecule has 0 saturated carbocycles. The molecule has 0 amide bonds. The van der Waals surface area contributed by atoms with Crippen LogP contribution in [0.15, 0.2) is 10.8 Å². The van der Waals surface area contributed by atoms with Gasteiger partial charge in [0.1, 0.15) is 5.76 Å². The highest BCUT2D eigenvalue weighted by Gasteiger charge is 2.21. The van der Waals surface area contributed by atoms with Gasteiger partial charge in [0, 0.05) is 5.41 Å². The van der Waals surface area contributed by atoms with Gasteiger partial charge in [0.05, 0.1) is 10.1 Å². The first-order chi connectivity index (χ1) is 5.05. The van der Waals surface area contributed by atoms with Gasteiger partial charge >= 0.3 is 0 Å². The SMILES string of the molecule is CC(C)(C)c1ncoc1CI. The smallest absolute Gasteiger partial charge is 0.181 e. The minimum absolute atomic E-state index is 0.105. The molecular formula is C8H12INO. The molecule has 0 atom stereocenters. The lowest BCUT2D eigenvalue weighted by Crippen LogP contribution is -2.13. The van der Waals surface area contributed by atoms with Crippen molar-refractivity contribution >= 4 is 22.6 Å². The Morgan fingerprint density at radius 3 is 2.55 bits per heavy atom. The lowest BCUT2D eigenvalue weighted by molar-refractivity contribution is 0.505. The number of alkyl halides is 1. The molecule has 0 saturated heterocycles. The van der Waals surface area contributed by atoms with Crippen molar-refractivity contribution in [2.45, 2.75) is 30.6 Å². The molecule has 3 heteroatoms. The first kappa shape index (κ1) is 9.03. The third kappa shape index (κ3) is 1.95. The second-order valence-corrected chi connectivity index (χ2v) is 4.27. The molecule has 1 heterocycles. The molecule has 0 fully saturated rings. The van der Waals surface area contributed by atoms with Gasteiger partial charge in [-0.15, -0.1) is 0 Å². The molecule has 0 aliphatic rings. The van der Waals surface area contributed by atoms with Crippen LogP contribution in [0.3, 0.4) is 0 Å². The van der Waals surface area contributed by atoms with Gasteiger partial charge in [-0.2, -0.15) is 0 Å². The third-order valence-corrected chi connectivity index (χ3v) is 2.17. The number of hydrogen-bond donors (Lipinski definition) is 0. The third-order valence-electron chi connectivity index (χ3n) is 1.47. The maximum absolute atomic E-state index is 5.22. The van der Waals surface area contributed by atoms with Crippen molar-refractivity contribution in [1.29, 1.82) is 0 Å². The standard InChI is InChI=1S/C8H12INO/c1-8(2,3)7-6(4-9)11-5-10-7/h5H,4H2,1-3H3. The fourth-order valence-corrected chi connectivity index (χ4v) is 1.52. The largest absolute Gasteiger partial charge is 0.447 e. The van der Waals surface area contributed by atoms with E-state index in [1.54, 1.807) is 0 Å². The van der Waals surface area contributed by atoms with Crippen LogP contribution in [0.5, 0.6) is 0 Å². The first-order valence-corrected chi connectivity index (χ1v) is 5.07. The fourth-order valence-electron chi connectivity index (χ4n) is 0.977. The van der Waals surface area contributed by atoms with Crippen LogP contribution in [0, 0.1) is 0 Å².